The predicted octanol–water partition coefficient (Wildman–Crippen LogP) is 14.8. The molecule has 264 valence electrons. The van der Waals surface area contributed by atoms with Crippen molar-refractivity contribution in [2.45, 2.75) is 0 Å². The molecule has 0 saturated heterocycles. The molecule has 0 atom stereocenters. The van der Waals surface area contributed by atoms with Crippen LogP contribution in [0.15, 0.2) is 200 Å². The third kappa shape index (κ3) is 4.20. The van der Waals surface area contributed by atoms with Crippen molar-refractivity contribution in [1.82, 2.24) is 8.80 Å². The lowest BCUT2D eigenvalue weighted by molar-refractivity contribution is 1.29. The molecule has 13 aromatic rings. The standard InChI is InChI=1S/C54H33N3/c1-5-15-34(16-6-1)36-25-27-49-43(29-36)44-30-37(35-17-7-2-8-18-35)31-47-51-50(56(49)53(44)47)28-26-42-46-33-40(55(38-19-9-3-10-20-38)39-21-11-4-12-22-39)32-45-41-23-13-14-24-48(41)57(52(45)46)54(42)51/h1-33H. The molecule has 0 spiro atoms. The fraction of sp³-hybridized carbons (Fsp3) is 0. The van der Waals surface area contributed by atoms with Crippen LogP contribution in [0.1, 0.15) is 0 Å². The van der Waals surface area contributed by atoms with E-state index in [9.17, 15) is 0 Å². The van der Waals surface area contributed by atoms with Gasteiger partial charge in [0.05, 0.1) is 33.1 Å². The van der Waals surface area contributed by atoms with E-state index in [0.29, 0.717) is 0 Å². The van der Waals surface area contributed by atoms with Crippen molar-refractivity contribution in [1.29, 1.82) is 0 Å². The average Bonchev–Trinajstić information content (AvgIpc) is 4.00. The lowest BCUT2D eigenvalue weighted by Gasteiger charge is -2.25. The molecule has 0 N–H and O–H groups in total. The third-order valence-electron chi connectivity index (χ3n) is 12.3. The molecule has 0 fully saturated rings. The summed E-state index contributed by atoms with van der Waals surface area (Å²) in [5, 5.41) is 10.2. The second-order valence-electron chi connectivity index (χ2n) is 15.3. The zero-order valence-corrected chi connectivity index (χ0v) is 30.9. The minimum Gasteiger partial charge on any atom is -0.310 e. The number of fused-ring (bicyclic) bond motifs is 13. The fourth-order valence-corrected chi connectivity index (χ4v) is 9.93. The highest BCUT2D eigenvalue weighted by Crippen LogP contribution is 2.49. The van der Waals surface area contributed by atoms with Crippen LogP contribution in [0.4, 0.5) is 17.1 Å². The summed E-state index contributed by atoms with van der Waals surface area (Å²) in [5.41, 5.74) is 15.8. The molecule has 0 amide bonds. The first-order chi connectivity index (χ1) is 28.3. The van der Waals surface area contributed by atoms with Crippen molar-refractivity contribution < 1.29 is 0 Å². The maximum atomic E-state index is 2.57. The van der Waals surface area contributed by atoms with Crippen LogP contribution < -0.4 is 4.90 Å². The van der Waals surface area contributed by atoms with Crippen molar-refractivity contribution in [3.8, 4) is 22.3 Å². The Bertz CT molecular complexity index is 3620. The second-order valence-corrected chi connectivity index (χ2v) is 15.3. The summed E-state index contributed by atoms with van der Waals surface area (Å²) in [7, 11) is 0. The van der Waals surface area contributed by atoms with E-state index in [1.807, 2.05) is 0 Å². The van der Waals surface area contributed by atoms with E-state index >= 15 is 0 Å². The number of anilines is 3. The van der Waals surface area contributed by atoms with Crippen LogP contribution in [0.2, 0.25) is 0 Å². The summed E-state index contributed by atoms with van der Waals surface area (Å²) in [6, 6.07) is 73.5. The molecule has 0 unspecified atom stereocenters. The molecule has 3 nitrogen and oxygen atoms in total. The molecular formula is C54H33N3. The van der Waals surface area contributed by atoms with E-state index in [4.69, 9.17) is 0 Å². The first-order valence-electron chi connectivity index (χ1n) is 19.7. The number of hydrogen-bond donors (Lipinski definition) is 0. The highest BCUT2D eigenvalue weighted by molar-refractivity contribution is 6.34. The topological polar surface area (TPSA) is 12.1 Å². The first-order valence-corrected chi connectivity index (χ1v) is 19.7. The Hall–Kier alpha value is -7.62. The smallest absolute Gasteiger partial charge is 0.0641 e. The van der Waals surface area contributed by atoms with Gasteiger partial charge in [-0.15, -0.1) is 0 Å². The Morgan fingerprint density at radius 3 is 1.47 bits per heavy atom. The normalized spacial score (nSPS) is 12.2. The van der Waals surface area contributed by atoms with Crippen LogP contribution in [0, 0.1) is 0 Å². The quantitative estimate of drug-likeness (QED) is 0.172. The van der Waals surface area contributed by atoms with Gasteiger partial charge in [0, 0.05) is 60.2 Å². The summed E-state index contributed by atoms with van der Waals surface area (Å²) >= 11 is 0. The molecule has 13 rings (SSSR count). The summed E-state index contributed by atoms with van der Waals surface area (Å²) in [4.78, 5) is 2.39. The monoisotopic (exact) mass is 723 g/mol. The minimum atomic E-state index is 1.13. The Kier molecular flexibility index (Phi) is 6.16. The average molecular weight is 724 g/mol. The molecule has 0 radical (unpaired) electrons. The summed E-state index contributed by atoms with van der Waals surface area (Å²) in [6.45, 7) is 0. The molecular weight excluding hydrogens is 691 g/mol. The van der Waals surface area contributed by atoms with Crippen molar-refractivity contribution >= 4 is 93.3 Å². The van der Waals surface area contributed by atoms with Gasteiger partial charge >= 0.3 is 0 Å². The highest BCUT2D eigenvalue weighted by atomic mass is 15.1. The Balaban J connectivity index is 1.19. The van der Waals surface area contributed by atoms with E-state index in [-0.39, 0.29) is 0 Å². The molecule has 4 heterocycles. The number of aromatic nitrogens is 2. The lowest BCUT2D eigenvalue weighted by Crippen LogP contribution is -2.09. The van der Waals surface area contributed by atoms with Gasteiger partial charge in [0.15, 0.2) is 0 Å². The van der Waals surface area contributed by atoms with Crippen LogP contribution in [0.5, 0.6) is 0 Å². The molecule has 0 aliphatic rings. The largest absolute Gasteiger partial charge is 0.310 e. The third-order valence-corrected chi connectivity index (χ3v) is 12.3. The second kappa shape index (κ2) is 11.5. The minimum absolute atomic E-state index is 1.13. The summed E-state index contributed by atoms with van der Waals surface area (Å²) in [5.74, 6) is 0. The van der Waals surface area contributed by atoms with E-state index in [2.05, 4.69) is 214 Å². The van der Waals surface area contributed by atoms with Gasteiger partial charge in [-0.25, -0.2) is 0 Å². The van der Waals surface area contributed by atoms with E-state index in [0.717, 1.165) is 17.1 Å². The molecule has 0 aliphatic heterocycles. The maximum absolute atomic E-state index is 2.57. The van der Waals surface area contributed by atoms with Crippen molar-refractivity contribution in [2.24, 2.45) is 0 Å². The number of hydrogen-bond acceptors (Lipinski definition) is 1. The van der Waals surface area contributed by atoms with Gasteiger partial charge in [-0.2, -0.15) is 0 Å². The number of para-hydroxylation sites is 3. The fourth-order valence-electron chi connectivity index (χ4n) is 9.93. The van der Waals surface area contributed by atoms with Crippen molar-refractivity contribution in [3.05, 3.63) is 200 Å². The highest BCUT2D eigenvalue weighted by Gasteiger charge is 2.26. The van der Waals surface area contributed by atoms with Gasteiger partial charge < -0.3 is 13.7 Å². The molecule has 57 heavy (non-hydrogen) atoms. The van der Waals surface area contributed by atoms with Crippen LogP contribution >= 0.6 is 0 Å². The summed E-state index contributed by atoms with van der Waals surface area (Å²) in [6.07, 6.45) is 0. The van der Waals surface area contributed by atoms with Gasteiger partial charge in [0.1, 0.15) is 0 Å². The van der Waals surface area contributed by atoms with Crippen LogP contribution in [0.3, 0.4) is 0 Å². The molecule has 0 saturated carbocycles. The lowest BCUT2D eigenvalue weighted by atomic mass is 9.97. The maximum Gasteiger partial charge on any atom is 0.0641 e. The van der Waals surface area contributed by atoms with E-state index in [1.54, 1.807) is 0 Å². The molecule has 3 heteroatoms. The van der Waals surface area contributed by atoms with Crippen LogP contribution in [-0.2, 0) is 0 Å². The van der Waals surface area contributed by atoms with Gasteiger partial charge in [0.25, 0.3) is 0 Å². The van der Waals surface area contributed by atoms with Gasteiger partial charge in [-0.1, -0.05) is 127 Å². The van der Waals surface area contributed by atoms with Crippen LogP contribution in [-0.4, -0.2) is 8.80 Å². The Morgan fingerprint density at radius 1 is 0.263 bits per heavy atom. The van der Waals surface area contributed by atoms with Crippen molar-refractivity contribution in [3.63, 3.8) is 0 Å². The molecule has 9 aromatic carbocycles. The van der Waals surface area contributed by atoms with E-state index < -0.39 is 0 Å². The first kappa shape index (κ1) is 30.7. The van der Waals surface area contributed by atoms with E-state index in [1.165, 1.54) is 98.4 Å². The SMILES string of the molecule is c1ccc(-c2ccc3c(c2)c2cc(-c4ccccc4)cc4c5c(ccc6c7cc(N(c8ccccc8)c8ccccc8)cc8c9ccccc9n(c87)c65)n3c24)cc1. The van der Waals surface area contributed by atoms with Gasteiger partial charge in [-0.3, -0.25) is 0 Å². The zero-order valence-electron chi connectivity index (χ0n) is 30.9. The molecule has 0 bridgehead atoms. The zero-order chi connectivity index (χ0) is 37.2. The van der Waals surface area contributed by atoms with Crippen molar-refractivity contribution in [2.75, 3.05) is 4.90 Å². The predicted molar refractivity (Wildman–Crippen MR) is 241 cm³/mol. The molecule has 0 aliphatic carbocycles. The Labute approximate surface area is 328 Å². The Morgan fingerprint density at radius 2 is 0.772 bits per heavy atom. The van der Waals surface area contributed by atoms with Crippen LogP contribution in [0.25, 0.3) is 98.4 Å². The summed E-state index contributed by atoms with van der Waals surface area (Å²) < 4.78 is 5.10. The number of benzene rings is 9. The number of nitrogens with zero attached hydrogens (tertiary/aromatic N) is 3. The van der Waals surface area contributed by atoms with Gasteiger partial charge in [0.2, 0.25) is 0 Å². The van der Waals surface area contributed by atoms with Gasteiger partial charge in [-0.05, 0) is 95.1 Å². The number of rotatable bonds is 5. The molecule has 4 aromatic heterocycles.